The first-order valence-electron chi connectivity index (χ1n) is 18.2. The molecule has 11 aromatic rings. The first-order chi connectivity index (χ1) is 26.8. The Morgan fingerprint density at radius 2 is 0.981 bits per heavy atom. The van der Waals surface area contributed by atoms with Crippen molar-refractivity contribution in [3.8, 4) is 56.0 Å². The minimum absolute atomic E-state index is 0.654. The summed E-state index contributed by atoms with van der Waals surface area (Å²) in [5, 5.41) is 6.72. The molecule has 0 unspecified atom stereocenters. The number of para-hydroxylation sites is 1. The van der Waals surface area contributed by atoms with Gasteiger partial charge in [-0.15, -0.1) is 11.3 Å². The average molecular weight is 707 g/mol. The van der Waals surface area contributed by atoms with Gasteiger partial charge in [-0.3, -0.25) is 0 Å². The lowest BCUT2D eigenvalue weighted by Crippen LogP contribution is -1.93. The Bertz CT molecular complexity index is 3140. The van der Waals surface area contributed by atoms with Gasteiger partial charge in [0.25, 0.3) is 0 Å². The Labute approximate surface area is 315 Å². The van der Waals surface area contributed by atoms with E-state index in [4.69, 9.17) is 14.4 Å². The molecule has 3 nitrogen and oxygen atoms in total. The molecule has 0 saturated carbocycles. The molecule has 0 atom stereocenters. The molecule has 0 aliphatic rings. The second-order valence-electron chi connectivity index (χ2n) is 13.7. The number of furan rings is 1. The number of nitrogens with zero attached hydrogens (tertiary/aromatic N) is 2. The van der Waals surface area contributed by atoms with E-state index in [1.165, 1.54) is 21.2 Å². The molecule has 3 heterocycles. The molecule has 0 aliphatic carbocycles. The van der Waals surface area contributed by atoms with Crippen LogP contribution in [0.5, 0.6) is 0 Å². The maximum atomic E-state index is 7.16. The Hall–Kier alpha value is -6.88. The van der Waals surface area contributed by atoms with Crippen LogP contribution in [-0.2, 0) is 0 Å². The summed E-state index contributed by atoms with van der Waals surface area (Å²) in [6.45, 7) is 0. The second kappa shape index (κ2) is 12.4. The molecule has 54 heavy (non-hydrogen) atoms. The quantitative estimate of drug-likeness (QED) is 0.179. The van der Waals surface area contributed by atoms with Crippen molar-refractivity contribution >= 4 is 64.4 Å². The van der Waals surface area contributed by atoms with Gasteiger partial charge in [0.05, 0.1) is 11.3 Å². The molecule has 0 aliphatic heterocycles. The van der Waals surface area contributed by atoms with Crippen LogP contribution in [-0.4, -0.2) is 9.97 Å². The van der Waals surface area contributed by atoms with Crippen molar-refractivity contribution in [1.82, 2.24) is 9.97 Å². The lowest BCUT2D eigenvalue weighted by molar-refractivity contribution is 0.671. The van der Waals surface area contributed by atoms with E-state index >= 15 is 0 Å². The predicted octanol–water partition coefficient (Wildman–Crippen LogP) is 14.2. The van der Waals surface area contributed by atoms with Crippen molar-refractivity contribution in [2.24, 2.45) is 0 Å². The summed E-state index contributed by atoms with van der Waals surface area (Å²) < 4.78 is 8.36. The summed E-state index contributed by atoms with van der Waals surface area (Å²) >= 11 is 1.71. The Morgan fingerprint density at radius 3 is 1.70 bits per heavy atom. The van der Waals surface area contributed by atoms with Gasteiger partial charge in [0.2, 0.25) is 0 Å². The molecule has 8 aromatic carbocycles. The first-order valence-corrected chi connectivity index (χ1v) is 19.0. The summed E-state index contributed by atoms with van der Waals surface area (Å²) in [6, 6.07) is 64.3. The highest BCUT2D eigenvalue weighted by Crippen LogP contribution is 2.46. The van der Waals surface area contributed by atoms with E-state index < -0.39 is 0 Å². The summed E-state index contributed by atoms with van der Waals surface area (Å²) in [7, 11) is 0. The molecule has 0 spiro atoms. The van der Waals surface area contributed by atoms with Gasteiger partial charge in [-0.25, -0.2) is 9.97 Å². The second-order valence-corrected chi connectivity index (χ2v) is 14.7. The summed E-state index contributed by atoms with van der Waals surface area (Å²) in [5.41, 5.74) is 11.3. The number of aromatic nitrogens is 2. The molecule has 4 heteroatoms. The third-order valence-corrected chi connectivity index (χ3v) is 11.5. The number of rotatable bonds is 5. The Balaban J connectivity index is 1.20. The van der Waals surface area contributed by atoms with E-state index in [9.17, 15) is 0 Å². The van der Waals surface area contributed by atoms with Crippen molar-refractivity contribution in [3.63, 3.8) is 0 Å². The third-order valence-electron chi connectivity index (χ3n) is 10.5. The topological polar surface area (TPSA) is 38.9 Å². The van der Waals surface area contributed by atoms with E-state index in [2.05, 4.69) is 176 Å². The van der Waals surface area contributed by atoms with Crippen molar-refractivity contribution in [3.05, 3.63) is 182 Å². The molecule has 3 aromatic heterocycles. The fraction of sp³-hybridized carbons (Fsp3) is 0. The van der Waals surface area contributed by atoms with Crippen molar-refractivity contribution in [1.29, 1.82) is 0 Å². The van der Waals surface area contributed by atoms with Crippen LogP contribution in [0.25, 0.3) is 109 Å². The summed E-state index contributed by atoms with van der Waals surface area (Å²) in [6.07, 6.45) is 0. The highest BCUT2D eigenvalue weighted by atomic mass is 32.1. The molecule has 0 radical (unpaired) electrons. The molecule has 0 bridgehead atoms. The maximum Gasteiger partial charge on any atom is 0.165 e. The molecule has 0 fully saturated rings. The van der Waals surface area contributed by atoms with Gasteiger partial charge < -0.3 is 4.42 Å². The predicted molar refractivity (Wildman–Crippen MR) is 227 cm³/mol. The van der Waals surface area contributed by atoms with Gasteiger partial charge in [0.1, 0.15) is 16.0 Å². The van der Waals surface area contributed by atoms with E-state index in [0.717, 1.165) is 82.0 Å². The van der Waals surface area contributed by atoms with E-state index in [-0.39, 0.29) is 0 Å². The number of thiophene rings is 1. The van der Waals surface area contributed by atoms with Gasteiger partial charge >= 0.3 is 0 Å². The minimum Gasteiger partial charge on any atom is -0.455 e. The molecule has 0 amide bonds. The van der Waals surface area contributed by atoms with Crippen molar-refractivity contribution in [2.45, 2.75) is 0 Å². The molecule has 0 N–H and O–H groups in total. The highest BCUT2D eigenvalue weighted by molar-refractivity contribution is 7.25. The summed E-state index contributed by atoms with van der Waals surface area (Å²) in [4.78, 5) is 11.6. The lowest BCUT2D eigenvalue weighted by Gasteiger charge is -2.13. The number of fused-ring (bicyclic) bond motifs is 8. The third kappa shape index (κ3) is 4.96. The van der Waals surface area contributed by atoms with Crippen LogP contribution in [0, 0.1) is 0 Å². The van der Waals surface area contributed by atoms with Crippen LogP contribution in [0.3, 0.4) is 0 Å². The number of hydrogen-bond donors (Lipinski definition) is 0. The van der Waals surface area contributed by atoms with Crippen molar-refractivity contribution < 1.29 is 4.42 Å². The smallest absolute Gasteiger partial charge is 0.165 e. The fourth-order valence-corrected chi connectivity index (χ4v) is 9.04. The number of hydrogen-bond acceptors (Lipinski definition) is 4. The van der Waals surface area contributed by atoms with E-state index in [1.54, 1.807) is 11.3 Å². The van der Waals surface area contributed by atoms with Crippen molar-refractivity contribution in [2.75, 3.05) is 0 Å². The Kier molecular flexibility index (Phi) is 7.04. The fourth-order valence-electron chi connectivity index (χ4n) is 7.96. The summed E-state index contributed by atoms with van der Waals surface area (Å²) in [5.74, 6) is 0.654. The van der Waals surface area contributed by atoms with Crippen LogP contribution in [0.2, 0.25) is 0 Å². The van der Waals surface area contributed by atoms with Gasteiger partial charge in [-0.2, -0.15) is 0 Å². The molecular formula is C50H30N2OS. The van der Waals surface area contributed by atoms with Crippen LogP contribution in [0.15, 0.2) is 186 Å². The maximum absolute atomic E-state index is 7.16. The Morgan fingerprint density at radius 1 is 0.389 bits per heavy atom. The normalized spacial score (nSPS) is 11.7. The SMILES string of the molecule is c1ccc(-c2cc(-c3ccccc3)cc(-c3cc4ccccc4c4c3oc3c(-c5nc(-c6ccccc6)c6c(n5)sc5ccccc56)cccc34)c2)cc1. The minimum atomic E-state index is 0.654. The average Bonchev–Trinajstić information content (AvgIpc) is 3.83. The van der Waals surface area contributed by atoms with Crippen LogP contribution in [0.1, 0.15) is 0 Å². The zero-order valence-corrected chi connectivity index (χ0v) is 29.8. The standard InChI is InChI=1S/C50H30N2OS/c1-4-15-31(16-5-1)35-27-36(32-17-6-2-7-18-32)29-37(28-35)42-30-34-21-10-11-22-38(34)44-40-24-14-25-41(47(40)53-48(42)44)49-51-46(33-19-8-3-9-20-33)45-39-23-12-13-26-43(39)54-50(45)52-49/h1-30H. The lowest BCUT2D eigenvalue weighted by atomic mass is 9.91. The van der Waals surface area contributed by atoms with Gasteiger partial charge in [-0.05, 0) is 75.0 Å². The van der Waals surface area contributed by atoms with Gasteiger partial charge in [0.15, 0.2) is 5.82 Å². The largest absolute Gasteiger partial charge is 0.455 e. The van der Waals surface area contributed by atoms with Gasteiger partial charge in [0, 0.05) is 37.4 Å². The zero-order valence-electron chi connectivity index (χ0n) is 29.0. The monoisotopic (exact) mass is 706 g/mol. The van der Waals surface area contributed by atoms with E-state index in [0.29, 0.717) is 5.82 Å². The van der Waals surface area contributed by atoms with E-state index in [1.807, 2.05) is 6.07 Å². The molecule has 0 saturated heterocycles. The zero-order chi connectivity index (χ0) is 35.6. The number of benzene rings is 8. The highest BCUT2D eigenvalue weighted by Gasteiger charge is 2.23. The first kappa shape index (κ1) is 30.7. The molecule has 252 valence electrons. The van der Waals surface area contributed by atoms with Gasteiger partial charge in [-0.1, -0.05) is 146 Å². The van der Waals surface area contributed by atoms with Crippen LogP contribution >= 0.6 is 11.3 Å². The molecular weight excluding hydrogens is 677 g/mol. The van der Waals surface area contributed by atoms with Crippen LogP contribution in [0.4, 0.5) is 0 Å². The molecule has 11 rings (SSSR count). The van der Waals surface area contributed by atoms with Crippen LogP contribution < -0.4 is 0 Å².